The number of rotatable bonds is 9. The second-order valence-corrected chi connectivity index (χ2v) is 9.85. The monoisotopic (exact) mass is 489 g/mol. The van der Waals surface area contributed by atoms with Crippen LogP contribution in [0.5, 0.6) is 0 Å². The van der Waals surface area contributed by atoms with Crippen molar-refractivity contribution in [2.75, 3.05) is 17.6 Å². The molecule has 1 aromatic rings. The third-order valence-corrected chi connectivity index (χ3v) is 4.49. The van der Waals surface area contributed by atoms with Gasteiger partial charge in [-0.2, -0.15) is 25.3 Å². The summed E-state index contributed by atoms with van der Waals surface area (Å²) in [4.78, 5) is 36.2. The van der Waals surface area contributed by atoms with Gasteiger partial charge in [0.2, 0.25) is 0 Å². The summed E-state index contributed by atoms with van der Waals surface area (Å²) in [7, 11) is -13.8. The molecule has 18 heteroatoms. The fourth-order valence-electron chi connectivity index (χ4n) is 1.80. The van der Waals surface area contributed by atoms with E-state index in [4.69, 9.17) is 13.7 Å². The first kappa shape index (κ1) is 25.4. The van der Waals surface area contributed by atoms with Gasteiger partial charge in [-0.25, -0.2) is 0 Å². The van der Waals surface area contributed by atoms with Crippen molar-refractivity contribution in [3.05, 3.63) is 34.9 Å². The smallest absolute Gasteiger partial charge is 0.283 e. The van der Waals surface area contributed by atoms with E-state index in [9.17, 15) is 39.6 Å². The van der Waals surface area contributed by atoms with Gasteiger partial charge in [0.1, 0.15) is 17.6 Å². The van der Waals surface area contributed by atoms with Crippen LogP contribution in [0.1, 0.15) is 31.1 Å². The number of carbonyl (C=O) groups is 3. The molecule has 0 aromatic heterocycles. The minimum Gasteiger partial charge on any atom is -0.336 e. The molecule has 0 aliphatic carbocycles. The summed E-state index contributed by atoms with van der Waals surface area (Å²) in [5.74, 6) is -7.18. The molecule has 0 fully saturated rings. The Morgan fingerprint density at radius 1 is 0.567 bits per heavy atom. The highest BCUT2D eigenvalue weighted by molar-refractivity contribution is 7.86. The van der Waals surface area contributed by atoms with E-state index >= 15 is 0 Å². The molecule has 0 spiro atoms. The lowest BCUT2D eigenvalue weighted by atomic mass is 10.0. The van der Waals surface area contributed by atoms with Crippen LogP contribution in [-0.4, -0.2) is 74.3 Å². The molecule has 6 N–H and O–H groups in total. The number of hydrogen-bond donors (Lipinski definition) is 6. The first-order chi connectivity index (χ1) is 13.5. The Morgan fingerprint density at radius 3 is 0.933 bits per heavy atom. The molecule has 0 aliphatic rings. The van der Waals surface area contributed by atoms with E-state index in [0.717, 1.165) is 18.2 Å². The molecule has 0 radical (unpaired) electrons. The fraction of sp³-hybridized carbons (Fsp3) is 0.250. The van der Waals surface area contributed by atoms with E-state index in [2.05, 4.69) is 0 Å². The summed E-state index contributed by atoms with van der Waals surface area (Å²) in [6, 6.07) is 2.45. The van der Waals surface area contributed by atoms with Crippen molar-refractivity contribution in [3.8, 4) is 0 Å². The zero-order valence-electron chi connectivity index (χ0n) is 14.6. The average Bonchev–Trinajstić information content (AvgIpc) is 2.59. The van der Waals surface area contributed by atoms with E-state index in [1.807, 2.05) is 0 Å². The van der Waals surface area contributed by atoms with Gasteiger partial charge >= 0.3 is 0 Å². The molecule has 0 atom stereocenters. The molecule has 1 rings (SSSR count). The number of nitrogens with one attached hydrogen (secondary N) is 3. The van der Waals surface area contributed by atoms with Crippen molar-refractivity contribution in [1.29, 1.82) is 0 Å². The first-order valence-corrected chi connectivity index (χ1v) is 12.1. The van der Waals surface area contributed by atoms with E-state index in [1.165, 1.54) is 0 Å². The van der Waals surface area contributed by atoms with Crippen LogP contribution in [0.4, 0.5) is 0 Å². The highest BCUT2D eigenvalue weighted by atomic mass is 32.2. The highest BCUT2D eigenvalue weighted by Crippen LogP contribution is 2.12. The maximum absolute atomic E-state index is 12.1. The second-order valence-electron chi connectivity index (χ2n) is 5.50. The minimum atomic E-state index is -4.61. The normalized spacial score (nSPS) is 12.1. The highest BCUT2D eigenvalue weighted by Gasteiger charge is 2.19. The van der Waals surface area contributed by atoms with Crippen LogP contribution in [0.25, 0.3) is 0 Å². The molecule has 0 saturated heterocycles. The summed E-state index contributed by atoms with van der Waals surface area (Å²) in [6.07, 6.45) is 0. The van der Waals surface area contributed by atoms with Gasteiger partial charge in [0.05, 0.1) is 0 Å². The van der Waals surface area contributed by atoms with E-state index in [1.54, 1.807) is 16.0 Å². The summed E-state index contributed by atoms with van der Waals surface area (Å²) in [5, 5.41) is 5.31. The van der Waals surface area contributed by atoms with Crippen molar-refractivity contribution >= 4 is 48.1 Å². The molecule has 0 unspecified atom stereocenters. The third kappa shape index (κ3) is 9.71. The fourth-order valence-corrected chi connectivity index (χ4v) is 2.74. The van der Waals surface area contributed by atoms with E-state index < -0.39 is 82.4 Å². The van der Waals surface area contributed by atoms with Crippen LogP contribution in [0.2, 0.25) is 0 Å². The molecule has 168 valence electrons. The maximum atomic E-state index is 12.1. The minimum absolute atomic E-state index is 0.504. The Kier molecular flexibility index (Phi) is 8.00. The summed E-state index contributed by atoms with van der Waals surface area (Å²) in [5.41, 5.74) is -1.51. The first-order valence-electron chi connectivity index (χ1n) is 7.32. The van der Waals surface area contributed by atoms with Gasteiger partial charge in [0, 0.05) is 16.7 Å². The van der Waals surface area contributed by atoms with E-state index in [-0.39, 0.29) is 0 Å². The van der Waals surface area contributed by atoms with Crippen LogP contribution in [0.15, 0.2) is 18.2 Å². The molecule has 0 aliphatic heterocycles. The van der Waals surface area contributed by atoms with Gasteiger partial charge in [-0.15, -0.1) is 0 Å². The molecule has 0 bridgehead atoms. The number of benzene rings is 1. The lowest BCUT2D eigenvalue weighted by molar-refractivity contribution is 0.0958. The zero-order chi connectivity index (χ0) is 23.3. The van der Waals surface area contributed by atoms with E-state index in [0.29, 0.717) is 0 Å². The summed E-state index contributed by atoms with van der Waals surface area (Å²) >= 11 is 0. The van der Waals surface area contributed by atoms with Crippen molar-refractivity contribution in [3.63, 3.8) is 0 Å². The Bertz CT molecular complexity index is 1010. The van der Waals surface area contributed by atoms with Gasteiger partial charge in [-0.05, 0) is 18.2 Å². The Morgan fingerprint density at radius 2 is 0.767 bits per heavy atom. The SMILES string of the molecule is O=C(NCS(=O)(=O)O)c1cc(C(=O)NCS(=O)(=O)O)cc(C(=O)NCS(=O)(=O)O)c1. The van der Waals surface area contributed by atoms with Gasteiger partial charge in [0.25, 0.3) is 48.1 Å². The molecule has 0 saturated carbocycles. The maximum Gasteiger partial charge on any atom is 0.283 e. The van der Waals surface area contributed by atoms with Gasteiger partial charge in [0.15, 0.2) is 0 Å². The van der Waals surface area contributed by atoms with Crippen molar-refractivity contribution in [1.82, 2.24) is 16.0 Å². The van der Waals surface area contributed by atoms with Crippen LogP contribution < -0.4 is 16.0 Å². The standard InChI is InChI=1S/C12H15N3O12S3/c16-10(13-4-28(19,20)21)7-1-8(11(17)14-5-29(22,23)24)3-9(2-7)12(18)15-6-30(25,26)27/h1-3H,4-6H2,(H,13,16)(H,14,17)(H,15,18)(H,19,20,21)(H,22,23,24)(H,25,26,27). The molecular weight excluding hydrogens is 474 g/mol. The molecule has 1 aromatic carbocycles. The lowest BCUT2D eigenvalue weighted by Crippen LogP contribution is -2.33. The average molecular weight is 489 g/mol. The van der Waals surface area contributed by atoms with Crippen molar-refractivity contribution < 1.29 is 53.3 Å². The van der Waals surface area contributed by atoms with Gasteiger partial charge in [-0.1, -0.05) is 0 Å². The van der Waals surface area contributed by atoms with Crippen LogP contribution >= 0.6 is 0 Å². The summed E-state index contributed by atoms with van der Waals surface area (Å²) in [6.45, 7) is 0. The summed E-state index contributed by atoms with van der Waals surface area (Å²) < 4.78 is 90.3. The zero-order valence-corrected chi connectivity index (χ0v) is 17.0. The lowest BCUT2D eigenvalue weighted by Gasteiger charge is -2.10. The van der Waals surface area contributed by atoms with Crippen LogP contribution in [0, 0.1) is 0 Å². The van der Waals surface area contributed by atoms with Gasteiger partial charge < -0.3 is 16.0 Å². The topological polar surface area (TPSA) is 250 Å². The van der Waals surface area contributed by atoms with Gasteiger partial charge in [-0.3, -0.25) is 28.0 Å². The Hall–Kier alpha value is -2.64. The molecule has 0 heterocycles. The Labute approximate surface area is 170 Å². The third-order valence-electron chi connectivity index (χ3n) is 2.96. The molecular formula is C12H15N3O12S3. The Balaban J connectivity index is 3.27. The van der Waals surface area contributed by atoms with Crippen LogP contribution in [-0.2, 0) is 30.4 Å². The quantitative estimate of drug-likeness (QED) is 0.195. The van der Waals surface area contributed by atoms with Crippen molar-refractivity contribution in [2.24, 2.45) is 0 Å². The molecule has 30 heavy (non-hydrogen) atoms. The van der Waals surface area contributed by atoms with Crippen LogP contribution in [0.3, 0.4) is 0 Å². The number of amides is 3. The number of carbonyl (C=O) groups excluding carboxylic acids is 3. The van der Waals surface area contributed by atoms with Crippen molar-refractivity contribution in [2.45, 2.75) is 0 Å². The second kappa shape index (κ2) is 9.45. The predicted octanol–water partition coefficient (Wildman–Crippen LogP) is -2.59. The predicted molar refractivity (Wildman–Crippen MR) is 98.1 cm³/mol. The number of hydrogen-bond acceptors (Lipinski definition) is 9. The molecule has 3 amide bonds. The largest absolute Gasteiger partial charge is 0.336 e. The molecule has 15 nitrogen and oxygen atoms in total.